The van der Waals surface area contributed by atoms with Gasteiger partial charge in [0.15, 0.2) is 12.6 Å². The van der Waals surface area contributed by atoms with Gasteiger partial charge in [0.05, 0.1) is 32.0 Å². The third kappa shape index (κ3) is 40.8. The Kier molecular flexibility index (Phi) is 52.8. The first kappa shape index (κ1) is 79.6. The summed E-state index contributed by atoms with van der Waals surface area (Å²) in [7, 11) is 0. The zero-order chi connectivity index (χ0) is 61.6. The monoisotopic (exact) mass is 1210 g/mol. The van der Waals surface area contributed by atoms with Gasteiger partial charge >= 0.3 is 0 Å². The topological polar surface area (TPSA) is 228 Å². The molecule has 502 valence electrons. The molecular weight excluding hydrogens is 1070 g/mol. The van der Waals surface area contributed by atoms with E-state index >= 15 is 0 Å². The van der Waals surface area contributed by atoms with Gasteiger partial charge in [-0.1, -0.05) is 301 Å². The smallest absolute Gasteiger partial charge is 0.220 e. The summed E-state index contributed by atoms with van der Waals surface area (Å²) in [4.78, 5) is 13.3. The van der Waals surface area contributed by atoms with Crippen LogP contribution in [0.15, 0.2) is 24.3 Å². The van der Waals surface area contributed by atoms with E-state index in [4.69, 9.17) is 18.9 Å². The summed E-state index contributed by atoms with van der Waals surface area (Å²) in [6, 6.07) is -0.824. The maximum Gasteiger partial charge on any atom is 0.220 e. The second-order valence-corrected chi connectivity index (χ2v) is 25.7. The lowest BCUT2D eigenvalue weighted by Crippen LogP contribution is -2.65. The summed E-state index contributed by atoms with van der Waals surface area (Å²) in [5, 5.41) is 87.2. The molecule has 0 aromatic carbocycles. The SMILES string of the molecule is CCCCCCC/C=C\C/C=C\CCCCCCCCCCCCCCCCCCCCCCCCCCCCCCCC(=O)NC(COC1OC(CO)C(OC2OC(CO)C(O)C(O)C2O)C(O)C1O)C(O)CCCCCCCCCCCC. The molecule has 0 aliphatic carbocycles. The minimum Gasteiger partial charge on any atom is -0.394 e. The van der Waals surface area contributed by atoms with Crippen LogP contribution in [-0.4, -0.2) is 140 Å². The Hall–Kier alpha value is -1.53. The minimum atomic E-state index is -1.78. The van der Waals surface area contributed by atoms with Crippen LogP contribution in [0.3, 0.4) is 0 Å². The lowest BCUT2D eigenvalue weighted by atomic mass is 9.97. The van der Waals surface area contributed by atoms with Crippen molar-refractivity contribution < 1.29 is 64.6 Å². The van der Waals surface area contributed by atoms with Crippen molar-refractivity contribution in [1.29, 1.82) is 0 Å². The fourth-order valence-corrected chi connectivity index (χ4v) is 12.2. The first-order valence-electron chi connectivity index (χ1n) is 36.1. The molecule has 0 bridgehead atoms. The molecule has 14 heteroatoms. The third-order valence-electron chi connectivity index (χ3n) is 17.9. The fourth-order valence-electron chi connectivity index (χ4n) is 12.2. The second-order valence-electron chi connectivity index (χ2n) is 25.7. The minimum absolute atomic E-state index is 0.202. The van der Waals surface area contributed by atoms with Crippen molar-refractivity contribution >= 4 is 5.91 Å². The number of ether oxygens (including phenoxy) is 4. The Morgan fingerprint density at radius 3 is 1.18 bits per heavy atom. The van der Waals surface area contributed by atoms with E-state index in [2.05, 4.69) is 43.5 Å². The van der Waals surface area contributed by atoms with Crippen LogP contribution in [0.4, 0.5) is 0 Å². The summed E-state index contributed by atoms with van der Waals surface area (Å²) in [6.45, 7) is 2.86. The van der Waals surface area contributed by atoms with Crippen molar-refractivity contribution in [2.75, 3.05) is 19.8 Å². The van der Waals surface area contributed by atoms with Gasteiger partial charge in [-0.15, -0.1) is 0 Å². The Bertz CT molecular complexity index is 1520. The highest BCUT2D eigenvalue weighted by Gasteiger charge is 2.51. The van der Waals surface area contributed by atoms with Crippen LogP contribution in [0.25, 0.3) is 0 Å². The Balaban J connectivity index is 1.49. The van der Waals surface area contributed by atoms with Gasteiger partial charge in [-0.2, -0.15) is 0 Å². The van der Waals surface area contributed by atoms with Crippen LogP contribution in [0, 0.1) is 0 Å². The van der Waals surface area contributed by atoms with Crippen molar-refractivity contribution in [3.8, 4) is 0 Å². The zero-order valence-corrected chi connectivity index (χ0v) is 54.6. The predicted octanol–water partition coefficient (Wildman–Crippen LogP) is 14.7. The van der Waals surface area contributed by atoms with Gasteiger partial charge in [0, 0.05) is 6.42 Å². The molecule has 2 fully saturated rings. The number of hydrogen-bond donors (Lipinski definition) is 9. The third-order valence-corrected chi connectivity index (χ3v) is 17.9. The number of aliphatic hydroxyl groups excluding tert-OH is 8. The molecule has 2 saturated heterocycles. The Morgan fingerprint density at radius 2 is 0.776 bits per heavy atom. The van der Waals surface area contributed by atoms with E-state index in [1.165, 1.54) is 244 Å². The highest BCUT2D eigenvalue weighted by Crippen LogP contribution is 2.30. The predicted molar refractivity (Wildman–Crippen MR) is 346 cm³/mol. The van der Waals surface area contributed by atoms with E-state index in [0.29, 0.717) is 12.8 Å². The normalized spacial score (nSPS) is 23.6. The molecule has 0 aromatic heterocycles. The van der Waals surface area contributed by atoms with Crippen LogP contribution in [0.5, 0.6) is 0 Å². The summed E-state index contributed by atoms with van der Waals surface area (Å²) in [5.41, 5.74) is 0. The molecule has 0 radical (unpaired) electrons. The van der Waals surface area contributed by atoms with Gasteiger partial charge < -0.3 is 65.1 Å². The number of hydrogen-bond acceptors (Lipinski definition) is 13. The van der Waals surface area contributed by atoms with Gasteiger partial charge in [0.25, 0.3) is 0 Å². The zero-order valence-electron chi connectivity index (χ0n) is 54.6. The summed E-state index contributed by atoms with van der Waals surface area (Å²) >= 11 is 0. The standard InChI is InChI=1S/C71H135NO13/c1-3-5-7-9-11-13-15-16-17-18-19-20-21-22-23-24-25-26-27-28-29-30-31-32-33-34-35-36-37-38-39-40-41-42-43-44-45-47-49-51-53-55-63(76)72-59(60(75)54-52-50-48-46-14-12-10-8-6-4-2)58-82-70-68(81)66(79)69(62(57-74)84-70)85-71-67(80)65(78)64(77)61(56-73)83-71/h15-16,18-19,59-62,64-71,73-75,77-81H,3-14,17,20-58H2,1-2H3,(H,72,76)/b16-15-,19-18-. The van der Waals surface area contributed by atoms with E-state index in [-0.39, 0.29) is 12.5 Å². The molecule has 2 heterocycles. The van der Waals surface area contributed by atoms with Gasteiger partial charge in [-0.25, -0.2) is 0 Å². The summed E-state index contributed by atoms with van der Waals surface area (Å²) in [5.74, 6) is -0.202. The van der Waals surface area contributed by atoms with Gasteiger partial charge in [0.2, 0.25) is 5.91 Å². The first-order valence-corrected chi connectivity index (χ1v) is 36.1. The average Bonchev–Trinajstić information content (AvgIpc) is 2.93. The highest BCUT2D eigenvalue weighted by atomic mass is 16.7. The molecule has 2 rings (SSSR count). The molecule has 0 aromatic rings. The lowest BCUT2D eigenvalue weighted by molar-refractivity contribution is -0.359. The largest absolute Gasteiger partial charge is 0.394 e. The van der Waals surface area contributed by atoms with E-state index in [9.17, 15) is 45.6 Å². The first-order chi connectivity index (χ1) is 41.6. The fraction of sp³-hybridized carbons (Fsp3) is 0.930. The van der Waals surface area contributed by atoms with Crippen molar-refractivity contribution in [1.82, 2.24) is 5.32 Å². The summed E-state index contributed by atoms with van der Waals surface area (Å²) < 4.78 is 22.8. The van der Waals surface area contributed by atoms with Crippen molar-refractivity contribution in [3.63, 3.8) is 0 Å². The van der Waals surface area contributed by atoms with Crippen LogP contribution in [0.1, 0.15) is 328 Å². The highest BCUT2D eigenvalue weighted by molar-refractivity contribution is 5.76. The number of carbonyl (C=O) groups is 1. The number of amides is 1. The molecule has 0 saturated carbocycles. The number of aliphatic hydroxyl groups is 8. The molecule has 85 heavy (non-hydrogen) atoms. The van der Waals surface area contributed by atoms with Crippen molar-refractivity contribution in [2.24, 2.45) is 0 Å². The second kappa shape index (κ2) is 56.5. The Morgan fingerprint density at radius 1 is 0.424 bits per heavy atom. The van der Waals surface area contributed by atoms with E-state index < -0.39 is 86.8 Å². The summed E-state index contributed by atoms with van der Waals surface area (Å²) in [6.07, 6.45) is 54.0. The van der Waals surface area contributed by atoms with E-state index in [1.807, 2.05) is 0 Å². The number of nitrogens with one attached hydrogen (secondary N) is 1. The van der Waals surface area contributed by atoms with Crippen molar-refractivity contribution in [2.45, 2.75) is 402 Å². The molecule has 1 amide bonds. The molecule has 2 aliphatic rings. The van der Waals surface area contributed by atoms with Gasteiger partial charge in [0.1, 0.15) is 48.8 Å². The van der Waals surface area contributed by atoms with Gasteiger partial charge in [-0.05, 0) is 44.9 Å². The molecular formula is C71H135NO13. The molecule has 0 spiro atoms. The van der Waals surface area contributed by atoms with Crippen molar-refractivity contribution in [3.05, 3.63) is 24.3 Å². The van der Waals surface area contributed by atoms with Crippen LogP contribution >= 0.6 is 0 Å². The van der Waals surface area contributed by atoms with Crippen LogP contribution in [0.2, 0.25) is 0 Å². The number of unbranched alkanes of at least 4 members (excludes halogenated alkanes) is 43. The maximum absolute atomic E-state index is 13.3. The number of rotatable bonds is 60. The molecule has 12 unspecified atom stereocenters. The molecule has 14 nitrogen and oxygen atoms in total. The quantitative estimate of drug-likeness (QED) is 0.0204. The Labute approximate surface area is 519 Å². The number of allylic oxidation sites excluding steroid dienone is 4. The van der Waals surface area contributed by atoms with Crippen LogP contribution in [-0.2, 0) is 23.7 Å². The van der Waals surface area contributed by atoms with E-state index in [1.54, 1.807) is 0 Å². The van der Waals surface area contributed by atoms with Crippen LogP contribution < -0.4 is 5.32 Å². The average molecular weight is 1210 g/mol. The maximum atomic E-state index is 13.3. The van der Waals surface area contributed by atoms with E-state index in [0.717, 1.165) is 57.8 Å². The lowest BCUT2D eigenvalue weighted by Gasteiger charge is -2.46. The van der Waals surface area contributed by atoms with Gasteiger partial charge in [-0.3, -0.25) is 4.79 Å². The molecule has 9 N–H and O–H groups in total. The molecule has 2 aliphatic heterocycles. The number of carbonyl (C=O) groups excluding carboxylic acids is 1. The molecule has 12 atom stereocenters.